The number of carboxylic acid groups (broad SMARTS) is 1. The Labute approximate surface area is 123 Å². The van der Waals surface area contributed by atoms with E-state index in [4.69, 9.17) is 9.84 Å². The molecule has 2 rings (SSSR count). The van der Waals surface area contributed by atoms with Crippen molar-refractivity contribution in [3.8, 4) is 11.5 Å². The summed E-state index contributed by atoms with van der Waals surface area (Å²) in [6.45, 7) is 0. The van der Waals surface area contributed by atoms with E-state index >= 15 is 0 Å². The summed E-state index contributed by atoms with van der Waals surface area (Å²) in [4.78, 5) is 10.4. The van der Waals surface area contributed by atoms with Crippen molar-refractivity contribution in [1.82, 2.24) is 0 Å². The predicted molar refractivity (Wildman–Crippen MR) is 77.3 cm³/mol. The van der Waals surface area contributed by atoms with Crippen LogP contribution in [0.2, 0.25) is 0 Å². The Morgan fingerprint density at radius 3 is 2.60 bits per heavy atom. The van der Waals surface area contributed by atoms with Gasteiger partial charge >= 0.3 is 5.97 Å². The zero-order chi connectivity index (χ0) is 14.5. The van der Waals surface area contributed by atoms with Gasteiger partial charge in [0.25, 0.3) is 0 Å². The molecule has 3 nitrogen and oxygen atoms in total. The summed E-state index contributed by atoms with van der Waals surface area (Å²) in [6, 6.07) is 11.1. The lowest BCUT2D eigenvalue weighted by Crippen LogP contribution is -1.90. The van der Waals surface area contributed by atoms with Crippen LogP contribution in [0.4, 0.5) is 4.39 Å². The molecular weight excluding hydrogens is 327 g/mol. The highest BCUT2D eigenvalue weighted by Gasteiger charge is 2.07. The summed E-state index contributed by atoms with van der Waals surface area (Å²) in [5.74, 6) is -0.897. The molecule has 20 heavy (non-hydrogen) atoms. The van der Waals surface area contributed by atoms with Crippen molar-refractivity contribution in [1.29, 1.82) is 0 Å². The Morgan fingerprint density at radius 2 is 1.95 bits per heavy atom. The Hall–Kier alpha value is -2.14. The Balaban J connectivity index is 2.22. The van der Waals surface area contributed by atoms with Gasteiger partial charge in [-0.3, -0.25) is 0 Å². The molecule has 0 amide bonds. The molecule has 0 saturated carbocycles. The minimum Gasteiger partial charge on any atom is -0.478 e. The summed E-state index contributed by atoms with van der Waals surface area (Å²) >= 11 is 3.31. The maximum Gasteiger partial charge on any atom is 0.328 e. The van der Waals surface area contributed by atoms with Gasteiger partial charge in [-0.1, -0.05) is 18.2 Å². The molecule has 1 N–H and O–H groups in total. The van der Waals surface area contributed by atoms with Crippen molar-refractivity contribution in [3.05, 3.63) is 64.4 Å². The molecular formula is C15H10BrFO3. The van der Waals surface area contributed by atoms with Gasteiger partial charge in [-0.05, 0) is 51.8 Å². The number of hydrogen-bond acceptors (Lipinski definition) is 2. The van der Waals surface area contributed by atoms with Gasteiger partial charge in [0.2, 0.25) is 0 Å². The zero-order valence-electron chi connectivity index (χ0n) is 10.2. The van der Waals surface area contributed by atoms with E-state index < -0.39 is 11.8 Å². The van der Waals surface area contributed by atoms with Crippen molar-refractivity contribution in [2.45, 2.75) is 0 Å². The van der Waals surface area contributed by atoms with E-state index in [1.807, 2.05) is 0 Å². The van der Waals surface area contributed by atoms with Gasteiger partial charge in [0.1, 0.15) is 5.75 Å². The average molecular weight is 337 g/mol. The highest BCUT2D eigenvalue weighted by molar-refractivity contribution is 9.10. The molecule has 0 atom stereocenters. The largest absolute Gasteiger partial charge is 0.478 e. The summed E-state index contributed by atoms with van der Waals surface area (Å²) in [7, 11) is 0. The average Bonchev–Trinajstić information content (AvgIpc) is 2.41. The first-order chi connectivity index (χ1) is 9.56. The zero-order valence-corrected chi connectivity index (χ0v) is 11.8. The molecule has 2 aromatic carbocycles. The molecule has 0 aliphatic rings. The van der Waals surface area contributed by atoms with Crippen molar-refractivity contribution < 1.29 is 19.0 Å². The third kappa shape index (κ3) is 3.68. The predicted octanol–water partition coefficient (Wildman–Crippen LogP) is 4.48. The second-order valence-corrected chi connectivity index (χ2v) is 4.75. The first-order valence-electron chi connectivity index (χ1n) is 5.69. The van der Waals surface area contributed by atoms with Crippen LogP contribution in [-0.4, -0.2) is 11.1 Å². The van der Waals surface area contributed by atoms with E-state index in [0.717, 1.165) is 6.08 Å². The standard InChI is InChI=1S/C15H10BrFO3/c16-11-9-10(6-8-15(18)19)5-7-13(11)20-14-4-2-1-3-12(14)17/h1-9H,(H,18,19)/b8-6+. The van der Waals surface area contributed by atoms with E-state index in [1.165, 1.54) is 18.2 Å². The SMILES string of the molecule is O=C(O)/C=C/c1ccc(Oc2ccccc2F)c(Br)c1. The van der Waals surface area contributed by atoms with E-state index in [0.29, 0.717) is 15.8 Å². The van der Waals surface area contributed by atoms with E-state index in [-0.39, 0.29) is 5.75 Å². The fourth-order valence-corrected chi connectivity index (χ4v) is 1.99. The van der Waals surface area contributed by atoms with Crippen LogP contribution in [-0.2, 0) is 4.79 Å². The van der Waals surface area contributed by atoms with E-state index in [2.05, 4.69) is 15.9 Å². The van der Waals surface area contributed by atoms with Crippen LogP contribution < -0.4 is 4.74 Å². The van der Waals surface area contributed by atoms with Gasteiger partial charge < -0.3 is 9.84 Å². The number of rotatable bonds is 4. The van der Waals surface area contributed by atoms with Crippen molar-refractivity contribution >= 4 is 28.0 Å². The number of halogens is 2. The number of benzene rings is 2. The van der Waals surface area contributed by atoms with Crippen LogP contribution >= 0.6 is 15.9 Å². The Kier molecular flexibility index (Phi) is 4.53. The molecule has 0 bridgehead atoms. The van der Waals surface area contributed by atoms with Gasteiger partial charge in [-0.2, -0.15) is 0 Å². The van der Waals surface area contributed by atoms with Crippen LogP contribution in [0.15, 0.2) is 53.0 Å². The van der Waals surface area contributed by atoms with E-state index in [9.17, 15) is 9.18 Å². The normalized spacial score (nSPS) is 10.7. The number of aliphatic carboxylic acids is 1. The van der Waals surface area contributed by atoms with Gasteiger partial charge in [-0.25, -0.2) is 9.18 Å². The highest BCUT2D eigenvalue weighted by atomic mass is 79.9. The molecule has 0 heterocycles. The Bertz CT molecular complexity index is 668. The molecule has 5 heteroatoms. The maximum atomic E-state index is 13.5. The molecule has 0 aromatic heterocycles. The van der Waals surface area contributed by atoms with Gasteiger partial charge in [0, 0.05) is 6.08 Å². The second-order valence-electron chi connectivity index (χ2n) is 3.89. The molecule has 0 spiro atoms. The monoisotopic (exact) mass is 336 g/mol. The minimum absolute atomic E-state index is 0.127. The summed E-state index contributed by atoms with van der Waals surface area (Å²) in [6.07, 6.45) is 2.50. The van der Waals surface area contributed by atoms with Crippen molar-refractivity contribution in [2.24, 2.45) is 0 Å². The van der Waals surface area contributed by atoms with E-state index in [1.54, 1.807) is 30.3 Å². The fourth-order valence-electron chi connectivity index (χ4n) is 1.52. The molecule has 2 aromatic rings. The Morgan fingerprint density at radius 1 is 1.20 bits per heavy atom. The van der Waals surface area contributed by atoms with Gasteiger partial charge in [0.15, 0.2) is 11.6 Å². The van der Waals surface area contributed by atoms with Crippen LogP contribution in [0.5, 0.6) is 11.5 Å². The lowest BCUT2D eigenvalue weighted by Gasteiger charge is -2.09. The third-order valence-electron chi connectivity index (χ3n) is 2.43. The van der Waals surface area contributed by atoms with Crippen molar-refractivity contribution in [2.75, 3.05) is 0 Å². The third-order valence-corrected chi connectivity index (χ3v) is 3.05. The smallest absolute Gasteiger partial charge is 0.328 e. The lowest BCUT2D eigenvalue weighted by molar-refractivity contribution is -0.131. The van der Waals surface area contributed by atoms with Crippen LogP contribution in [0.1, 0.15) is 5.56 Å². The van der Waals surface area contributed by atoms with Gasteiger partial charge in [0.05, 0.1) is 4.47 Å². The molecule has 0 saturated heterocycles. The van der Waals surface area contributed by atoms with Gasteiger partial charge in [-0.15, -0.1) is 0 Å². The minimum atomic E-state index is -1.02. The number of ether oxygens (including phenoxy) is 1. The molecule has 0 fully saturated rings. The van der Waals surface area contributed by atoms with Crippen LogP contribution in [0, 0.1) is 5.82 Å². The molecule has 0 aliphatic heterocycles. The molecule has 0 aliphatic carbocycles. The first kappa shape index (κ1) is 14.3. The molecule has 102 valence electrons. The maximum absolute atomic E-state index is 13.5. The fraction of sp³-hybridized carbons (Fsp3) is 0. The summed E-state index contributed by atoms with van der Waals surface area (Å²) in [5, 5.41) is 8.56. The number of para-hydroxylation sites is 1. The lowest BCUT2D eigenvalue weighted by atomic mass is 10.2. The summed E-state index contributed by atoms with van der Waals surface area (Å²) in [5.41, 5.74) is 0.695. The number of carboxylic acids is 1. The first-order valence-corrected chi connectivity index (χ1v) is 6.48. The quantitative estimate of drug-likeness (QED) is 0.837. The van der Waals surface area contributed by atoms with Crippen LogP contribution in [0.25, 0.3) is 6.08 Å². The van der Waals surface area contributed by atoms with Crippen molar-refractivity contribution in [3.63, 3.8) is 0 Å². The highest BCUT2D eigenvalue weighted by Crippen LogP contribution is 2.31. The second kappa shape index (κ2) is 6.34. The number of hydrogen-bond donors (Lipinski definition) is 1. The molecule has 0 radical (unpaired) electrons. The van der Waals surface area contributed by atoms with Crippen LogP contribution in [0.3, 0.4) is 0 Å². The molecule has 0 unspecified atom stereocenters. The number of carbonyl (C=O) groups is 1. The topological polar surface area (TPSA) is 46.5 Å². The summed E-state index contributed by atoms with van der Waals surface area (Å²) < 4.78 is 19.5.